The van der Waals surface area contributed by atoms with E-state index in [0.29, 0.717) is 0 Å². The summed E-state index contributed by atoms with van der Waals surface area (Å²) in [6, 6.07) is 0. The van der Waals surface area contributed by atoms with E-state index >= 15 is 0 Å². The van der Waals surface area contributed by atoms with Gasteiger partial charge in [0.1, 0.15) is 6.61 Å². The van der Waals surface area contributed by atoms with E-state index in [9.17, 15) is 4.79 Å². The molecule has 0 radical (unpaired) electrons. The Morgan fingerprint density at radius 1 is 1.16 bits per heavy atom. The van der Waals surface area contributed by atoms with Crippen LogP contribution in [0.15, 0.2) is 17.4 Å². The van der Waals surface area contributed by atoms with E-state index in [4.69, 9.17) is 9.47 Å². The second kappa shape index (κ2) is 11.9. The summed E-state index contributed by atoms with van der Waals surface area (Å²) in [5, 5.41) is 0. The maximum Gasteiger partial charge on any atom is 0.508 e. The number of carbonyl (C=O) groups is 1. The van der Waals surface area contributed by atoms with Crippen LogP contribution >= 0.6 is 0 Å². The zero-order chi connectivity index (χ0) is 14.5. The Hall–Kier alpha value is -1.21. The summed E-state index contributed by atoms with van der Waals surface area (Å²) >= 11 is 0. The minimum absolute atomic E-state index is 0.142. The lowest BCUT2D eigenvalue weighted by atomic mass is 10.0. The van der Waals surface area contributed by atoms with Crippen LogP contribution in [0, 0.1) is 0 Å². The van der Waals surface area contributed by atoms with Crippen LogP contribution in [0.3, 0.4) is 0 Å². The maximum absolute atomic E-state index is 11.1. The summed E-state index contributed by atoms with van der Waals surface area (Å²) in [5.41, 5.74) is 4.58. The van der Waals surface area contributed by atoms with Gasteiger partial charge in [-0.3, -0.25) is 0 Å². The predicted molar refractivity (Wildman–Crippen MR) is 78.2 cm³/mol. The van der Waals surface area contributed by atoms with Crippen molar-refractivity contribution in [3.8, 4) is 0 Å². The molecule has 0 aliphatic carbocycles. The van der Waals surface area contributed by atoms with Crippen molar-refractivity contribution in [1.29, 1.82) is 0 Å². The first kappa shape index (κ1) is 17.8. The molecule has 0 saturated heterocycles. The first-order chi connectivity index (χ1) is 9.10. The fraction of sp³-hybridized carbons (Fsp3) is 0.750. The average molecular weight is 268 g/mol. The highest BCUT2D eigenvalue weighted by Gasteiger charge is 2.04. The molecule has 19 heavy (non-hydrogen) atoms. The predicted octanol–water partition coefficient (Wildman–Crippen LogP) is 5.01. The lowest BCUT2D eigenvalue weighted by Crippen LogP contribution is -2.12. The summed E-state index contributed by atoms with van der Waals surface area (Å²) in [7, 11) is 0. The smallest absolute Gasteiger partial charge is 0.432 e. The van der Waals surface area contributed by atoms with Crippen LogP contribution in [-0.4, -0.2) is 18.9 Å². The molecule has 0 aromatic rings. The zero-order valence-electron chi connectivity index (χ0n) is 12.8. The Morgan fingerprint density at radius 2 is 1.74 bits per heavy atom. The van der Waals surface area contributed by atoms with Crippen LogP contribution in [0.2, 0.25) is 0 Å². The fourth-order valence-corrected chi connectivity index (χ4v) is 1.57. The normalized spacial score (nSPS) is 9.95. The molecule has 0 amide bonds. The first-order valence-electron chi connectivity index (χ1n) is 7.36. The Labute approximate surface area is 117 Å². The van der Waals surface area contributed by atoms with Crippen molar-refractivity contribution in [2.45, 2.75) is 72.3 Å². The molecule has 0 N–H and O–H groups in total. The largest absolute Gasteiger partial charge is 0.508 e. The summed E-state index contributed by atoms with van der Waals surface area (Å²) in [6.07, 6.45) is 7.96. The zero-order valence-corrected chi connectivity index (χ0v) is 12.8. The SMILES string of the molecule is CCCCC(=C=CCOC(=O)OC(C)C)CCCC. The summed E-state index contributed by atoms with van der Waals surface area (Å²) < 4.78 is 9.79. The van der Waals surface area contributed by atoms with Crippen LogP contribution in [-0.2, 0) is 9.47 Å². The van der Waals surface area contributed by atoms with Gasteiger partial charge in [0.05, 0.1) is 6.10 Å². The van der Waals surface area contributed by atoms with Gasteiger partial charge in [0.2, 0.25) is 0 Å². The van der Waals surface area contributed by atoms with E-state index < -0.39 is 6.16 Å². The van der Waals surface area contributed by atoms with Crippen molar-refractivity contribution in [3.63, 3.8) is 0 Å². The molecule has 0 saturated carbocycles. The number of carbonyl (C=O) groups excluding carboxylic acids is 1. The molecule has 0 bridgehead atoms. The van der Waals surface area contributed by atoms with Gasteiger partial charge >= 0.3 is 6.16 Å². The van der Waals surface area contributed by atoms with Crippen LogP contribution in [0.1, 0.15) is 66.2 Å². The van der Waals surface area contributed by atoms with Crippen molar-refractivity contribution in [1.82, 2.24) is 0 Å². The molecule has 110 valence electrons. The number of ether oxygens (including phenoxy) is 2. The van der Waals surface area contributed by atoms with Gasteiger partial charge in [-0.15, -0.1) is 5.73 Å². The minimum atomic E-state index is -0.614. The highest BCUT2D eigenvalue weighted by atomic mass is 16.7. The fourth-order valence-electron chi connectivity index (χ4n) is 1.57. The summed E-state index contributed by atoms with van der Waals surface area (Å²) in [6.45, 7) is 8.20. The molecule has 0 fully saturated rings. The van der Waals surface area contributed by atoms with E-state index in [1.54, 1.807) is 19.9 Å². The van der Waals surface area contributed by atoms with Crippen molar-refractivity contribution in [2.24, 2.45) is 0 Å². The van der Waals surface area contributed by atoms with E-state index in [0.717, 1.165) is 12.8 Å². The number of hydrogen-bond donors (Lipinski definition) is 0. The van der Waals surface area contributed by atoms with Crippen molar-refractivity contribution in [2.75, 3.05) is 6.61 Å². The molecule has 0 heterocycles. The lowest BCUT2D eigenvalue weighted by molar-refractivity contribution is 0.0414. The van der Waals surface area contributed by atoms with Crippen LogP contribution in [0.5, 0.6) is 0 Å². The molecule has 0 aliphatic heterocycles. The van der Waals surface area contributed by atoms with Crippen molar-refractivity contribution >= 4 is 6.16 Å². The van der Waals surface area contributed by atoms with Gasteiger partial charge in [0.15, 0.2) is 0 Å². The van der Waals surface area contributed by atoms with Crippen LogP contribution in [0.4, 0.5) is 4.79 Å². The Morgan fingerprint density at radius 3 is 2.21 bits per heavy atom. The Kier molecular flexibility index (Phi) is 11.1. The first-order valence-corrected chi connectivity index (χ1v) is 7.36. The van der Waals surface area contributed by atoms with Gasteiger partial charge in [0, 0.05) is 0 Å². The molecular weight excluding hydrogens is 240 g/mol. The molecule has 0 rings (SSSR count). The van der Waals surface area contributed by atoms with Crippen LogP contribution < -0.4 is 0 Å². The third kappa shape index (κ3) is 11.6. The number of unbranched alkanes of at least 4 members (excludes halogenated alkanes) is 2. The molecule has 0 aromatic carbocycles. The van der Waals surface area contributed by atoms with Crippen molar-refractivity contribution in [3.05, 3.63) is 17.4 Å². The molecule has 0 atom stereocenters. The summed E-state index contributed by atoms with van der Waals surface area (Å²) in [4.78, 5) is 11.1. The van der Waals surface area contributed by atoms with Gasteiger partial charge in [-0.25, -0.2) is 4.79 Å². The molecule has 3 heteroatoms. The minimum Gasteiger partial charge on any atom is -0.432 e. The van der Waals surface area contributed by atoms with E-state index in [-0.39, 0.29) is 12.7 Å². The molecule has 0 aliphatic rings. The van der Waals surface area contributed by atoms with Crippen molar-refractivity contribution < 1.29 is 14.3 Å². The van der Waals surface area contributed by atoms with Crippen LogP contribution in [0.25, 0.3) is 0 Å². The second-order valence-electron chi connectivity index (χ2n) is 4.89. The topological polar surface area (TPSA) is 35.5 Å². The average Bonchev–Trinajstić information content (AvgIpc) is 2.35. The molecule has 0 unspecified atom stereocenters. The lowest BCUT2D eigenvalue weighted by Gasteiger charge is -2.06. The summed E-state index contributed by atoms with van der Waals surface area (Å²) in [5.74, 6) is 0. The van der Waals surface area contributed by atoms with E-state index in [1.807, 2.05) is 0 Å². The second-order valence-corrected chi connectivity index (χ2v) is 4.89. The van der Waals surface area contributed by atoms with Gasteiger partial charge in [-0.1, -0.05) is 26.7 Å². The highest BCUT2D eigenvalue weighted by Crippen LogP contribution is 2.13. The Balaban J connectivity index is 4.15. The maximum atomic E-state index is 11.1. The van der Waals surface area contributed by atoms with E-state index in [1.165, 1.54) is 31.3 Å². The molecule has 0 spiro atoms. The molecular formula is C16H28O3. The quantitative estimate of drug-likeness (QED) is 0.435. The standard InChI is InChI=1S/C16H28O3/c1-5-7-10-15(11-8-6-2)12-9-13-18-16(17)19-14(3)4/h9,14H,5-8,10-11,13H2,1-4H3. The number of rotatable bonds is 9. The highest BCUT2D eigenvalue weighted by molar-refractivity contribution is 5.60. The van der Waals surface area contributed by atoms with E-state index in [2.05, 4.69) is 19.6 Å². The Bertz CT molecular complexity index is 289. The third-order valence-corrected chi connectivity index (χ3v) is 2.59. The van der Waals surface area contributed by atoms with Gasteiger partial charge < -0.3 is 9.47 Å². The number of hydrogen-bond acceptors (Lipinski definition) is 3. The third-order valence-electron chi connectivity index (χ3n) is 2.59. The van der Waals surface area contributed by atoms with Gasteiger partial charge in [-0.2, -0.15) is 0 Å². The van der Waals surface area contributed by atoms with Gasteiger partial charge in [-0.05, 0) is 51.2 Å². The molecule has 0 aromatic heterocycles. The molecule has 3 nitrogen and oxygen atoms in total. The monoisotopic (exact) mass is 268 g/mol. The van der Waals surface area contributed by atoms with Gasteiger partial charge in [0.25, 0.3) is 0 Å².